The molecule has 3 amide bonds. The van der Waals surface area contributed by atoms with Crippen molar-refractivity contribution in [2.24, 2.45) is 0 Å². The summed E-state index contributed by atoms with van der Waals surface area (Å²) in [4.78, 5) is 43.8. The van der Waals surface area contributed by atoms with Crippen LogP contribution in [0.1, 0.15) is 78.9 Å². The Morgan fingerprint density at radius 1 is 1.03 bits per heavy atom. The van der Waals surface area contributed by atoms with Gasteiger partial charge in [-0.2, -0.15) is 5.10 Å². The third kappa shape index (κ3) is 5.28. The first-order valence-electron chi connectivity index (χ1n) is 13.7. The minimum atomic E-state index is -1.05. The molecule has 1 aromatic carbocycles. The first-order chi connectivity index (χ1) is 17.9. The second kappa shape index (κ2) is 10.7. The molecule has 198 valence electrons. The topological polar surface area (TPSA) is 99.6 Å². The van der Waals surface area contributed by atoms with E-state index < -0.39 is 5.54 Å². The molecule has 3 aliphatic rings. The molecule has 0 bridgehead atoms. The zero-order valence-electron chi connectivity index (χ0n) is 21.9. The van der Waals surface area contributed by atoms with Gasteiger partial charge in [-0.15, -0.1) is 0 Å². The molecule has 2 fully saturated rings. The molecule has 3 heterocycles. The number of rotatable bonds is 7. The van der Waals surface area contributed by atoms with E-state index in [1.54, 1.807) is 22.6 Å². The molecule has 5 rings (SSSR count). The Labute approximate surface area is 218 Å². The molecule has 0 unspecified atom stereocenters. The summed E-state index contributed by atoms with van der Waals surface area (Å²) in [5.41, 5.74) is 0.831. The Morgan fingerprint density at radius 3 is 2.38 bits per heavy atom. The normalized spacial score (nSPS) is 23.2. The van der Waals surface area contributed by atoms with Gasteiger partial charge in [0.25, 0.3) is 11.8 Å². The number of carbonyl (C=O) groups excluding carboxylic acids is 3. The van der Waals surface area contributed by atoms with E-state index in [1.807, 2.05) is 13.0 Å². The fraction of sp³-hybridized carbons (Fsp3) is 0.571. The molecule has 2 aromatic rings. The lowest BCUT2D eigenvalue weighted by atomic mass is 9.94. The number of nitrogens with one attached hydrogen (secondary N) is 2. The number of carbonyl (C=O) groups is 3. The van der Waals surface area contributed by atoms with E-state index in [0.29, 0.717) is 12.2 Å². The molecule has 9 nitrogen and oxygen atoms in total. The van der Waals surface area contributed by atoms with Gasteiger partial charge in [0.15, 0.2) is 5.69 Å². The predicted octanol–water partition coefficient (Wildman–Crippen LogP) is 2.57. The highest BCUT2D eigenvalue weighted by Crippen LogP contribution is 2.29. The molecule has 1 atom stereocenters. The fourth-order valence-corrected chi connectivity index (χ4v) is 5.99. The summed E-state index contributed by atoms with van der Waals surface area (Å²) < 4.78 is 1.54. The molecule has 0 spiro atoms. The van der Waals surface area contributed by atoms with Gasteiger partial charge in [0, 0.05) is 44.3 Å². The monoisotopic (exact) mass is 506 g/mol. The maximum atomic E-state index is 13.4. The highest BCUT2D eigenvalue weighted by Gasteiger charge is 2.48. The maximum absolute atomic E-state index is 13.4. The molecule has 1 saturated heterocycles. The summed E-state index contributed by atoms with van der Waals surface area (Å²) >= 11 is 0. The van der Waals surface area contributed by atoms with Crippen molar-refractivity contribution in [1.29, 1.82) is 0 Å². The summed E-state index contributed by atoms with van der Waals surface area (Å²) in [5, 5.41) is 10.7. The van der Waals surface area contributed by atoms with Crippen LogP contribution in [-0.2, 0) is 17.9 Å². The minimum absolute atomic E-state index is 0.0727. The number of likely N-dealkylation sites (N-methyl/N-ethyl adjacent to an activating group) is 1. The highest BCUT2D eigenvalue weighted by molar-refractivity contribution is 6.02. The number of hydrogen-bond donors (Lipinski definition) is 2. The van der Waals surface area contributed by atoms with Crippen molar-refractivity contribution in [3.8, 4) is 0 Å². The third-order valence-corrected chi connectivity index (χ3v) is 8.20. The Balaban J connectivity index is 1.22. The van der Waals surface area contributed by atoms with Crippen molar-refractivity contribution in [1.82, 2.24) is 30.2 Å². The Kier molecular flexibility index (Phi) is 7.33. The van der Waals surface area contributed by atoms with E-state index in [9.17, 15) is 14.4 Å². The Morgan fingerprint density at radius 2 is 1.70 bits per heavy atom. The average molecular weight is 507 g/mol. The van der Waals surface area contributed by atoms with E-state index in [4.69, 9.17) is 0 Å². The first kappa shape index (κ1) is 25.4. The van der Waals surface area contributed by atoms with Crippen molar-refractivity contribution in [2.45, 2.75) is 83.1 Å². The summed E-state index contributed by atoms with van der Waals surface area (Å²) in [7, 11) is 0. The fourth-order valence-electron chi connectivity index (χ4n) is 5.99. The molecule has 1 aromatic heterocycles. The molecule has 37 heavy (non-hydrogen) atoms. The SMILES string of the molecule is CCN1C(=O)c2cc(C(=O)NC3CCN(Cc4ccccc4)CC3)nn2C[C@]1(C)C(=O)NC1CCCC1. The van der Waals surface area contributed by atoms with Gasteiger partial charge in [-0.3, -0.25) is 24.0 Å². The molecule has 1 saturated carbocycles. The van der Waals surface area contributed by atoms with Crippen LogP contribution in [0.15, 0.2) is 36.4 Å². The van der Waals surface area contributed by atoms with Gasteiger partial charge in [-0.1, -0.05) is 43.2 Å². The lowest BCUT2D eigenvalue weighted by Gasteiger charge is -2.43. The molecule has 0 radical (unpaired) electrons. The summed E-state index contributed by atoms with van der Waals surface area (Å²) in [5.74, 6) is -0.682. The molecule has 2 N–H and O–H groups in total. The number of benzene rings is 1. The van der Waals surface area contributed by atoms with Gasteiger partial charge >= 0.3 is 0 Å². The van der Waals surface area contributed by atoms with Crippen molar-refractivity contribution in [3.63, 3.8) is 0 Å². The average Bonchev–Trinajstić information content (AvgIpc) is 3.56. The standard InChI is InChI=1S/C28H38N6O3/c1-3-33-26(36)24-17-23(31-34(24)19-28(33,2)27(37)30-21-11-7-8-12-21)25(35)29-22-13-15-32(16-14-22)18-20-9-5-4-6-10-20/h4-6,9-10,17,21-22H,3,7-8,11-16,18-19H2,1-2H3,(H,29,35)(H,30,37)/t28-/m1/s1. The van der Waals surface area contributed by atoms with Crippen molar-refractivity contribution >= 4 is 17.7 Å². The van der Waals surface area contributed by atoms with Gasteiger partial charge in [-0.25, -0.2) is 0 Å². The number of fused-ring (bicyclic) bond motifs is 1. The van der Waals surface area contributed by atoms with E-state index in [2.05, 4.69) is 44.9 Å². The van der Waals surface area contributed by atoms with Crippen LogP contribution in [0.5, 0.6) is 0 Å². The zero-order valence-corrected chi connectivity index (χ0v) is 21.9. The second-order valence-electron chi connectivity index (χ2n) is 10.9. The van der Waals surface area contributed by atoms with Crippen molar-refractivity contribution in [3.05, 3.63) is 53.3 Å². The van der Waals surface area contributed by atoms with Crippen molar-refractivity contribution < 1.29 is 14.4 Å². The van der Waals surface area contributed by atoms with Gasteiger partial charge in [0.05, 0.1) is 6.54 Å². The van der Waals surface area contributed by atoms with Crippen LogP contribution in [0.4, 0.5) is 0 Å². The van der Waals surface area contributed by atoms with Gasteiger partial charge < -0.3 is 15.5 Å². The Bertz CT molecular complexity index is 1130. The zero-order chi connectivity index (χ0) is 26.0. The quantitative estimate of drug-likeness (QED) is 0.601. The van der Waals surface area contributed by atoms with Crippen LogP contribution in [0.25, 0.3) is 0 Å². The smallest absolute Gasteiger partial charge is 0.273 e. The third-order valence-electron chi connectivity index (χ3n) is 8.20. The number of hydrogen-bond acceptors (Lipinski definition) is 5. The molecular weight excluding hydrogens is 468 g/mol. The minimum Gasteiger partial charge on any atom is -0.351 e. The highest BCUT2D eigenvalue weighted by atomic mass is 16.2. The van der Waals surface area contributed by atoms with Crippen LogP contribution in [0, 0.1) is 0 Å². The first-order valence-corrected chi connectivity index (χ1v) is 13.7. The van der Waals surface area contributed by atoms with Crippen LogP contribution < -0.4 is 10.6 Å². The van der Waals surface area contributed by atoms with Crippen LogP contribution in [-0.4, -0.2) is 74.6 Å². The largest absolute Gasteiger partial charge is 0.351 e. The van der Waals surface area contributed by atoms with Crippen molar-refractivity contribution in [2.75, 3.05) is 19.6 Å². The van der Waals surface area contributed by atoms with E-state index >= 15 is 0 Å². The molecular formula is C28H38N6O3. The lowest BCUT2D eigenvalue weighted by molar-refractivity contribution is -0.133. The number of likely N-dealkylation sites (tertiary alicyclic amines) is 1. The van der Waals surface area contributed by atoms with E-state index in [0.717, 1.165) is 58.2 Å². The van der Waals surface area contributed by atoms with Crippen LogP contribution in [0.3, 0.4) is 0 Å². The van der Waals surface area contributed by atoms with Crippen LogP contribution in [0.2, 0.25) is 0 Å². The van der Waals surface area contributed by atoms with Gasteiger partial charge in [0.1, 0.15) is 11.2 Å². The molecule has 2 aliphatic heterocycles. The Hall–Kier alpha value is -3.20. The van der Waals surface area contributed by atoms with E-state index in [1.165, 1.54) is 5.56 Å². The second-order valence-corrected chi connectivity index (χ2v) is 10.9. The predicted molar refractivity (Wildman–Crippen MR) is 140 cm³/mol. The summed E-state index contributed by atoms with van der Waals surface area (Å²) in [6.45, 7) is 7.05. The summed E-state index contributed by atoms with van der Waals surface area (Å²) in [6.07, 6.45) is 5.93. The lowest BCUT2D eigenvalue weighted by Crippen LogP contribution is -2.64. The van der Waals surface area contributed by atoms with Gasteiger partial charge in [0.2, 0.25) is 5.91 Å². The number of aromatic nitrogens is 2. The van der Waals surface area contributed by atoms with Gasteiger partial charge in [-0.05, 0) is 45.1 Å². The molecule has 9 heteroatoms. The van der Waals surface area contributed by atoms with Crippen LogP contribution >= 0.6 is 0 Å². The van der Waals surface area contributed by atoms with E-state index in [-0.39, 0.29) is 42.0 Å². The molecule has 1 aliphatic carbocycles. The number of amides is 3. The summed E-state index contributed by atoms with van der Waals surface area (Å²) in [6, 6.07) is 12.2. The number of piperidine rings is 1. The maximum Gasteiger partial charge on any atom is 0.273 e. The number of nitrogens with zero attached hydrogens (tertiary/aromatic N) is 4.